The van der Waals surface area contributed by atoms with Gasteiger partial charge >= 0.3 is 5.97 Å². The van der Waals surface area contributed by atoms with Crippen LogP contribution in [0.25, 0.3) is 0 Å². The predicted molar refractivity (Wildman–Crippen MR) is 176 cm³/mol. The zero-order valence-electron chi connectivity index (χ0n) is 28.5. The highest BCUT2D eigenvalue weighted by Crippen LogP contribution is 2.31. The minimum atomic E-state index is -0.625. The third-order valence-corrected chi connectivity index (χ3v) is 10.4. The topological polar surface area (TPSA) is 123 Å². The van der Waals surface area contributed by atoms with Crippen LogP contribution in [0.3, 0.4) is 0 Å². The van der Waals surface area contributed by atoms with E-state index in [-0.39, 0.29) is 48.2 Å². The van der Waals surface area contributed by atoms with Crippen molar-refractivity contribution >= 4 is 11.8 Å². The van der Waals surface area contributed by atoms with Gasteiger partial charge in [0.1, 0.15) is 11.9 Å². The molecule has 3 N–H and O–H groups in total. The average molecular weight is 639 g/mol. The van der Waals surface area contributed by atoms with Gasteiger partial charge < -0.3 is 34.3 Å². The van der Waals surface area contributed by atoms with Crippen molar-refractivity contribution in [3.8, 4) is 0 Å². The maximum absolute atomic E-state index is 11.9. The largest absolute Gasteiger partial charge is 0.462 e. The van der Waals surface area contributed by atoms with Crippen LogP contribution in [0.2, 0.25) is 0 Å². The monoisotopic (exact) mass is 638 g/mol. The maximum atomic E-state index is 11.9. The lowest BCUT2D eigenvalue weighted by Crippen LogP contribution is -2.33. The SMILES string of the molecule is CCCCCCCCCC[C@@H](O)[C@H]1CC[C@H]([C@H](O)CC[C@H](O)[C@@H]2CC[C@@H](CCCCCCC[C@@H]3C[C@H](CC(C)=O)C(=O)O3)O2)O1. The molecule has 3 aliphatic heterocycles. The summed E-state index contributed by atoms with van der Waals surface area (Å²) in [5.74, 6) is -0.398. The van der Waals surface area contributed by atoms with Crippen LogP contribution in [0.15, 0.2) is 0 Å². The first kappa shape index (κ1) is 38.4. The Balaban J connectivity index is 1.16. The Morgan fingerprint density at radius 3 is 1.76 bits per heavy atom. The number of aliphatic hydroxyl groups excluding tert-OH is 3. The highest BCUT2D eigenvalue weighted by atomic mass is 16.6. The summed E-state index contributed by atoms with van der Waals surface area (Å²) in [6.45, 7) is 3.77. The van der Waals surface area contributed by atoms with Crippen LogP contribution in [0.1, 0.15) is 168 Å². The highest BCUT2D eigenvalue weighted by molar-refractivity contribution is 5.83. The molecule has 3 heterocycles. The molecule has 3 fully saturated rings. The summed E-state index contributed by atoms with van der Waals surface area (Å²) in [4.78, 5) is 23.2. The summed E-state index contributed by atoms with van der Waals surface area (Å²) < 4.78 is 17.7. The second-order valence-corrected chi connectivity index (χ2v) is 14.4. The maximum Gasteiger partial charge on any atom is 0.309 e. The number of hydrogen-bond acceptors (Lipinski definition) is 8. The van der Waals surface area contributed by atoms with Crippen molar-refractivity contribution < 1.29 is 39.1 Å². The number of esters is 1. The fourth-order valence-electron chi connectivity index (χ4n) is 7.56. The quantitative estimate of drug-likeness (QED) is 0.0714. The van der Waals surface area contributed by atoms with E-state index in [1.807, 2.05) is 0 Å². The zero-order chi connectivity index (χ0) is 32.4. The molecule has 3 aliphatic rings. The van der Waals surface area contributed by atoms with Crippen LogP contribution in [-0.4, -0.2) is 75.9 Å². The second-order valence-electron chi connectivity index (χ2n) is 14.4. The lowest BCUT2D eigenvalue weighted by Gasteiger charge is -2.24. The molecule has 9 atom stereocenters. The molecule has 0 aromatic rings. The fraction of sp³-hybridized carbons (Fsp3) is 0.946. The first-order valence-corrected chi connectivity index (χ1v) is 18.8. The van der Waals surface area contributed by atoms with Gasteiger partial charge in [-0.15, -0.1) is 0 Å². The van der Waals surface area contributed by atoms with E-state index in [9.17, 15) is 24.9 Å². The van der Waals surface area contributed by atoms with E-state index in [2.05, 4.69) is 6.92 Å². The summed E-state index contributed by atoms with van der Waals surface area (Å²) in [6.07, 6.45) is 21.5. The highest BCUT2D eigenvalue weighted by Gasteiger charge is 2.36. The first-order valence-electron chi connectivity index (χ1n) is 18.8. The molecular weight excluding hydrogens is 572 g/mol. The molecule has 0 aliphatic carbocycles. The molecule has 3 saturated heterocycles. The third-order valence-electron chi connectivity index (χ3n) is 10.4. The Labute approximate surface area is 273 Å². The van der Waals surface area contributed by atoms with E-state index in [0.717, 1.165) is 89.9 Å². The number of hydrogen-bond donors (Lipinski definition) is 3. The Morgan fingerprint density at radius 2 is 1.16 bits per heavy atom. The molecule has 262 valence electrons. The van der Waals surface area contributed by atoms with Crippen LogP contribution in [0, 0.1) is 5.92 Å². The fourth-order valence-corrected chi connectivity index (χ4v) is 7.56. The number of ketones is 1. The molecule has 8 nitrogen and oxygen atoms in total. The molecule has 0 radical (unpaired) electrons. The van der Waals surface area contributed by atoms with E-state index in [4.69, 9.17) is 14.2 Å². The Morgan fingerprint density at radius 1 is 0.667 bits per heavy atom. The van der Waals surface area contributed by atoms with Crippen molar-refractivity contribution in [2.45, 2.75) is 217 Å². The van der Waals surface area contributed by atoms with Gasteiger partial charge in [0.25, 0.3) is 0 Å². The average Bonchev–Trinajstić information content (AvgIpc) is 3.77. The summed E-state index contributed by atoms with van der Waals surface area (Å²) in [6, 6.07) is 0. The summed E-state index contributed by atoms with van der Waals surface area (Å²) in [5.41, 5.74) is 0. The zero-order valence-corrected chi connectivity index (χ0v) is 28.5. The van der Waals surface area contributed by atoms with Gasteiger partial charge in [-0.05, 0) is 77.6 Å². The molecule has 0 bridgehead atoms. The van der Waals surface area contributed by atoms with E-state index in [1.54, 1.807) is 0 Å². The van der Waals surface area contributed by atoms with Gasteiger partial charge in [-0.2, -0.15) is 0 Å². The molecule has 0 spiro atoms. The van der Waals surface area contributed by atoms with Gasteiger partial charge in [0.2, 0.25) is 0 Å². The van der Waals surface area contributed by atoms with Gasteiger partial charge in [-0.1, -0.05) is 84.0 Å². The van der Waals surface area contributed by atoms with Crippen LogP contribution in [0.4, 0.5) is 0 Å². The number of ether oxygens (including phenoxy) is 3. The van der Waals surface area contributed by atoms with Crippen molar-refractivity contribution in [1.29, 1.82) is 0 Å². The number of aliphatic hydroxyl groups is 3. The summed E-state index contributed by atoms with van der Waals surface area (Å²) in [5, 5.41) is 32.1. The predicted octanol–water partition coefficient (Wildman–Crippen LogP) is 7.12. The second kappa shape index (κ2) is 21.7. The number of rotatable bonds is 25. The van der Waals surface area contributed by atoms with E-state index in [0.29, 0.717) is 25.7 Å². The van der Waals surface area contributed by atoms with Crippen molar-refractivity contribution in [3.05, 3.63) is 0 Å². The lowest BCUT2D eigenvalue weighted by atomic mass is 9.96. The molecule has 8 heteroatoms. The number of cyclic esters (lactones) is 1. The Kier molecular flexibility index (Phi) is 18.5. The normalized spacial score (nSPS) is 28.8. The lowest BCUT2D eigenvalue weighted by molar-refractivity contribution is -0.145. The molecule has 0 saturated carbocycles. The summed E-state index contributed by atoms with van der Waals surface area (Å²) in [7, 11) is 0. The van der Waals surface area contributed by atoms with Crippen LogP contribution >= 0.6 is 0 Å². The van der Waals surface area contributed by atoms with E-state index < -0.39 is 18.3 Å². The van der Waals surface area contributed by atoms with Crippen molar-refractivity contribution in [3.63, 3.8) is 0 Å². The molecule has 0 unspecified atom stereocenters. The molecule has 45 heavy (non-hydrogen) atoms. The van der Waals surface area contributed by atoms with Gasteiger partial charge in [-0.3, -0.25) is 4.79 Å². The van der Waals surface area contributed by atoms with E-state index in [1.165, 1.54) is 45.4 Å². The minimum Gasteiger partial charge on any atom is -0.462 e. The number of Topliss-reactive ketones (excluding diaryl/α,β-unsaturated/α-hetero) is 1. The Hall–Kier alpha value is -1.06. The van der Waals surface area contributed by atoms with Gasteiger partial charge in [0.05, 0.1) is 48.6 Å². The smallest absolute Gasteiger partial charge is 0.309 e. The third kappa shape index (κ3) is 14.7. The van der Waals surface area contributed by atoms with Crippen LogP contribution < -0.4 is 0 Å². The number of carbonyl (C=O) groups excluding carboxylic acids is 2. The molecular formula is C37H66O8. The van der Waals surface area contributed by atoms with Crippen molar-refractivity contribution in [2.75, 3.05) is 0 Å². The van der Waals surface area contributed by atoms with E-state index >= 15 is 0 Å². The van der Waals surface area contributed by atoms with Gasteiger partial charge in [-0.25, -0.2) is 0 Å². The van der Waals surface area contributed by atoms with Crippen molar-refractivity contribution in [1.82, 2.24) is 0 Å². The molecule has 0 amide bonds. The standard InChI is InChI=1S/C37H66O8/c1-3-4-5-6-7-8-12-15-18-31(39)35-23-24-36(45-35)33(41)21-20-32(40)34-22-19-29(43-34)16-13-10-9-11-14-17-30-26-28(25-27(2)38)37(42)44-30/h28-36,39-41H,3-26H2,1-2H3/t28-,29+,30+,31+,32-,33+,34-,35+,36+/m0/s1. The molecule has 3 rings (SSSR count). The number of carbonyl (C=O) groups is 2. The van der Waals surface area contributed by atoms with Crippen LogP contribution in [-0.2, 0) is 23.8 Å². The number of unbranched alkanes of at least 4 members (excludes halogenated alkanes) is 11. The van der Waals surface area contributed by atoms with Crippen molar-refractivity contribution in [2.24, 2.45) is 5.92 Å². The van der Waals surface area contributed by atoms with Crippen LogP contribution in [0.5, 0.6) is 0 Å². The van der Waals surface area contributed by atoms with Gasteiger partial charge in [0.15, 0.2) is 0 Å². The first-order chi connectivity index (χ1) is 21.8. The summed E-state index contributed by atoms with van der Waals surface area (Å²) >= 11 is 0. The Bertz CT molecular complexity index is 820. The molecule has 0 aromatic heterocycles. The van der Waals surface area contributed by atoms with Gasteiger partial charge in [0, 0.05) is 6.42 Å². The minimum absolute atomic E-state index is 0.0249. The molecule has 0 aromatic carbocycles.